The largest absolute Gasteiger partial charge is 0.492 e. The van der Waals surface area contributed by atoms with E-state index in [2.05, 4.69) is 0 Å². The van der Waals surface area contributed by atoms with Crippen LogP contribution in [0.25, 0.3) is 0 Å². The van der Waals surface area contributed by atoms with Crippen molar-refractivity contribution in [3.05, 3.63) is 0 Å². The van der Waals surface area contributed by atoms with Gasteiger partial charge in [-0.05, 0) is 19.8 Å². The molecule has 0 aromatic carbocycles. The van der Waals surface area contributed by atoms with Crippen LogP contribution >= 0.6 is 0 Å². The van der Waals surface area contributed by atoms with Crippen molar-refractivity contribution in [2.75, 3.05) is 0 Å². The molecule has 1 atom stereocenters. The lowest BCUT2D eigenvalue weighted by Crippen LogP contribution is -2.34. The van der Waals surface area contributed by atoms with Crippen LogP contribution in [0.2, 0.25) is 6.04 Å². The van der Waals surface area contributed by atoms with Crippen molar-refractivity contribution in [2.45, 2.75) is 31.9 Å². The third-order valence-electron chi connectivity index (χ3n) is 1.17. The van der Waals surface area contributed by atoms with E-state index in [4.69, 9.17) is 20.1 Å². The summed E-state index contributed by atoms with van der Waals surface area (Å²) in [6.45, 7) is 1.84. The van der Waals surface area contributed by atoms with Crippen LogP contribution in [0.15, 0.2) is 0 Å². The smallest absolute Gasteiger partial charge is 0.390 e. The zero-order chi connectivity index (χ0) is 8.20. The van der Waals surface area contributed by atoms with E-state index in [0.29, 0.717) is 6.42 Å². The Hall–Kier alpha value is 0.0569. The fraction of sp³-hybridized carbons (Fsp3) is 1.00. The summed E-state index contributed by atoms with van der Waals surface area (Å²) >= 11 is 0. The van der Waals surface area contributed by atoms with Gasteiger partial charge in [0, 0.05) is 12.1 Å². The van der Waals surface area contributed by atoms with E-state index in [-0.39, 0.29) is 12.1 Å². The molecule has 5 N–H and O–H groups in total. The summed E-state index contributed by atoms with van der Waals surface area (Å²) in [4.78, 5) is 25.6. The molecule has 0 radical (unpaired) electrons. The van der Waals surface area contributed by atoms with Crippen LogP contribution in [0.5, 0.6) is 0 Å². The number of rotatable bonds is 4. The SMILES string of the molecule is CC(N)CCC[Si](O)(O)O. The van der Waals surface area contributed by atoms with E-state index in [1.54, 1.807) is 0 Å². The predicted octanol–water partition coefficient (Wildman–Crippen LogP) is -0.970. The third-order valence-corrected chi connectivity index (χ3v) is 2.20. The maximum atomic E-state index is 8.54. The highest BCUT2D eigenvalue weighted by molar-refractivity contribution is 6.56. The van der Waals surface area contributed by atoms with Gasteiger partial charge >= 0.3 is 8.80 Å². The maximum Gasteiger partial charge on any atom is 0.492 e. The van der Waals surface area contributed by atoms with Crippen molar-refractivity contribution >= 4 is 8.80 Å². The average molecular weight is 165 g/mol. The maximum absolute atomic E-state index is 8.54. The molecule has 0 aromatic heterocycles. The molecule has 62 valence electrons. The monoisotopic (exact) mass is 165 g/mol. The topological polar surface area (TPSA) is 86.7 Å². The van der Waals surface area contributed by atoms with Gasteiger partial charge in [-0.15, -0.1) is 0 Å². The fourth-order valence-electron chi connectivity index (χ4n) is 0.661. The van der Waals surface area contributed by atoms with Gasteiger partial charge in [-0.1, -0.05) is 0 Å². The van der Waals surface area contributed by atoms with E-state index in [1.807, 2.05) is 6.92 Å². The molecule has 0 aliphatic rings. The first kappa shape index (κ1) is 10.1. The molecule has 0 rings (SSSR count). The van der Waals surface area contributed by atoms with Crippen LogP contribution < -0.4 is 5.73 Å². The third kappa shape index (κ3) is 8.06. The molecular weight excluding hydrogens is 150 g/mol. The minimum atomic E-state index is -3.78. The molecule has 0 saturated carbocycles. The van der Waals surface area contributed by atoms with Gasteiger partial charge in [0.15, 0.2) is 0 Å². The van der Waals surface area contributed by atoms with E-state index >= 15 is 0 Å². The summed E-state index contributed by atoms with van der Waals surface area (Å²) < 4.78 is 0. The van der Waals surface area contributed by atoms with E-state index in [0.717, 1.165) is 6.42 Å². The van der Waals surface area contributed by atoms with Gasteiger partial charge in [-0.25, -0.2) is 0 Å². The Morgan fingerprint density at radius 2 is 1.90 bits per heavy atom. The zero-order valence-corrected chi connectivity index (χ0v) is 7.12. The van der Waals surface area contributed by atoms with Gasteiger partial charge < -0.3 is 20.1 Å². The Labute approximate surface area is 61.7 Å². The molecule has 0 saturated heterocycles. The standard InChI is InChI=1S/C5H15NO3Si/c1-5(6)3-2-4-10(7,8)9/h5,7-9H,2-4,6H2,1H3. The summed E-state index contributed by atoms with van der Waals surface area (Å²) in [5, 5.41) is 0. The average Bonchev–Trinajstić information content (AvgIpc) is 1.59. The quantitative estimate of drug-likeness (QED) is 0.404. The van der Waals surface area contributed by atoms with Crippen LogP contribution in [0, 0.1) is 0 Å². The van der Waals surface area contributed by atoms with Gasteiger partial charge in [0.1, 0.15) is 0 Å². The lowest BCUT2D eigenvalue weighted by molar-refractivity contribution is 0.226. The first-order chi connectivity index (χ1) is 4.42. The van der Waals surface area contributed by atoms with Crippen LogP contribution in [0.4, 0.5) is 0 Å². The van der Waals surface area contributed by atoms with Gasteiger partial charge in [0.05, 0.1) is 0 Å². The Bertz CT molecular complexity index is 91.4. The van der Waals surface area contributed by atoms with Crippen molar-refractivity contribution in [1.82, 2.24) is 0 Å². The molecule has 0 aliphatic carbocycles. The Morgan fingerprint density at radius 1 is 1.40 bits per heavy atom. The lowest BCUT2D eigenvalue weighted by Gasteiger charge is -2.09. The first-order valence-electron chi connectivity index (χ1n) is 3.34. The summed E-state index contributed by atoms with van der Waals surface area (Å²) in [7, 11) is -3.78. The molecular formula is C5H15NO3Si. The van der Waals surface area contributed by atoms with Gasteiger partial charge in [-0.3, -0.25) is 0 Å². The highest BCUT2D eigenvalue weighted by Crippen LogP contribution is 2.05. The van der Waals surface area contributed by atoms with Crippen LogP contribution in [-0.4, -0.2) is 29.2 Å². The molecule has 0 aromatic rings. The summed E-state index contributed by atoms with van der Waals surface area (Å²) in [6.07, 6.45) is 1.30. The van der Waals surface area contributed by atoms with E-state index in [1.165, 1.54) is 0 Å². The van der Waals surface area contributed by atoms with Crippen LogP contribution in [0.1, 0.15) is 19.8 Å². The number of hydrogen-bond acceptors (Lipinski definition) is 4. The molecule has 0 bridgehead atoms. The Kier molecular flexibility index (Phi) is 4.07. The Morgan fingerprint density at radius 3 is 2.20 bits per heavy atom. The van der Waals surface area contributed by atoms with Gasteiger partial charge in [0.25, 0.3) is 0 Å². The molecule has 0 fully saturated rings. The molecule has 1 unspecified atom stereocenters. The summed E-state index contributed by atoms with van der Waals surface area (Å²) in [5.41, 5.74) is 5.39. The summed E-state index contributed by atoms with van der Waals surface area (Å²) in [6, 6.07) is 0.158. The summed E-state index contributed by atoms with van der Waals surface area (Å²) in [5.74, 6) is 0. The lowest BCUT2D eigenvalue weighted by atomic mass is 10.2. The minimum absolute atomic E-state index is 0.0661. The van der Waals surface area contributed by atoms with Crippen molar-refractivity contribution in [3.63, 3.8) is 0 Å². The second kappa shape index (κ2) is 4.04. The second-order valence-corrected chi connectivity index (χ2v) is 4.69. The van der Waals surface area contributed by atoms with Crippen molar-refractivity contribution in [3.8, 4) is 0 Å². The highest BCUT2D eigenvalue weighted by atomic mass is 28.4. The molecule has 0 aliphatic heterocycles. The van der Waals surface area contributed by atoms with Crippen LogP contribution in [-0.2, 0) is 0 Å². The van der Waals surface area contributed by atoms with Gasteiger partial charge in [0.2, 0.25) is 0 Å². The normalized spacial score (nSPS) is 15.3. The molecule has 10 heavy (non-hydrogen) atoms. The minimum Gasteiger partial charge on any atom is -0.390 e. The number of hydrogen-bond donors (Lipinski definition) is 4. The number of nitrogens with two attached hydrogens (primary N) is 1. The van der Waals surface area contributed by atoms with Crippen molar-refractivity contribution in [1.29, 1.82) is 0 Å². The molecule has 0 spiro atoms. The highest BCUT2D eigenvalue weighted by Gasteiger charge is 2.25. The van der Waals surface area contributed by atoms with E-state index in [9.17, 15) is 0 Å². The molecule has 4 nitrogen and oxygen atoms in total. The van der Waals surface area contributed by atoms with Crippen molar-refractivity contribution < 1.29 is 14.4 Å². The fourth-order valence-corrected chi connectivity index (χ4v) is 1.34. The van der Waals surface area contributed by atoms with E-state index < -0.39 is 8.80 Å². The molecule has 0 amide bonds. The Balaban J connectivity index is 3.21. The van der Waals surface area contributed by atoms with Gasteiger partial charge in [-0.2, -0.15) is 0 Å². The predicted molar refractivity (Wildman–Crippen MR) is 40.1 cm³/mol. The first-order valence-corrected chi connectivity index (χ1v) is 5.39. The van der Waals surface area contributed by atoms with Crippen molar-refractivity contribution in [2.24, 2.45) is 5.73 Å². The molecule has 5 heteroatoms. The molecule has 0 heterocycles. The second-order valence-electron chi connectivity index (χ2n) is 2.64. The zero-order valence-electron chi connectivity index (χ0n) is 6.12. The van der Waals surface area contributed by atoms with Crippen LogP contribution in [0.3, 0.4) is 0 Å².